The molecule has 1 amide bonds. The molecule has 1 saturated carbocycles. The normalized spacial score (nSPS) is 21.6. The first-order valence-corrected chi connectivity index (χ1v) is 9.62. The third kappa shape index (κ3) is 3.47. The molecule has 1 aromatic rings. The second-order valence-electron chi connectivity index (χ2n) is 7.65. The van der Waals surface area contributed by atoms with E-state index in [1.165, 1.54) is 19.3 Å². The average molecular weight is 344 g/mol. The summed E-state index contributed by atoms with van der Waals surface area (Å²) in [6, 6.07) is 6.43. The molecule has 25 heavy (non-hydrogen) atoms. The van der Waals surface area contributed by atoms with Crippen molar-refractivity contribution in [3.63, 3.8) is 0 Å². The molecular weight excluding hydrogens is 316 g/mol. The van der Waals surface area contributed by atoms with E-state index in [2.05, 4.69) is 23.2 Å². The van der Waals surface area contributed by atoms with Crippen LogP contribution in [0.1, 0.15) is 44.6 Å². The zero-order valence-corrected chi connectivity index (χ0v) is 15.0. The van der Waals surface area contributed by atoms with Gasteiger partial charge in [0.1, 0.15) is 0 Å². The first-order valence-electron chi connectivity index (χ1n) is 9.62. The number of carbonyl (C=O) groups excluding carboxylic acids is 1. The van der Waals surface area contributed by atoms with E-state index in [1.54, 1.807) is 0 Å². The summed E-state index contributed by atoms with van der Waals surface area (Å²) in [7, 11) is 0. The van der Waals surface area contributed by atoms with Gasteiger partial charge in [-0.15, -0.1) is 0 Å². The van der Waals surface area contributed by atoms with Crippen LogP contribution in [0.15, 0.2) is 18.2 Å². The highest BCUT2D eigenvalue weighted by molar-refractivity contribution is 5.79. The Morgan fingerprint density at radius 2 is 1.96 bits per heavy atom. The maximum Gasteiger partial charge on any atom is 0.231 e. The number of hydrogen-bond acceptors (Lipinski definition) is 4. The van der Waals surface area contributed by atoms with Gasteiger partial charge in [0.25, 0.3) is 0 Å². The van der Waals surface area contributed by atoms with Gasteiger partial charge in [-0.05, 0) is 49.5 Å². The third-order valence-corrected chi connectivity index (χ3v) is 6.00. The summed E-state index contributed by atoms with van der Waals surface area (Å²) in [5, 5.41) is 3.29. The van der Waals surface area contributed by atoms with Gasteiger partial charge < -0.3 is 19.7 Å². The van der Waals surface area contributed by atoms with E-state index in [4.69, 9.17) is 9.47 Å². The van der Waals surface area contributed by atoms with Crippen molar-refractivity contribution < 1.29 is 14.3 Å². The minimum atomic E-state index is 0.0946. The summed E-state index contributed by atoms with van der Waals surface area (Å²) >= 11 is 0. The summed E-state index contributed by atoms with van der Waals surface area (Å²) in [4.78, 5) is 15.4. The predicted octanol–water partition coefficient (Wildman–Crippen LogP) is 2.93. The Morgan fingerprint density at radius 3 is 2.68 bits per heavy atom. The van der Waals surface area contributed by atoms with Crippen LogP contribution in [0.25, 0.3) is 0 Å². The van der Waals surface area contributed by atoms with Gasteiger partial charge in [-0.25, -0.2) is 0 Å². The highest BCUT2D eigenvalue weighted by atomic mass is 16.7. The van der Waals surface area contributed by atoms with Crippen LogP contribution in [0, 0.1) is 11.8 Å². The number of amides is 1. The molecule has 0 spiro atoms. The molecular formula is C20H28N2O3. The number of rotatable bonds is 5. The molecule has 1 aliphatic carbocycles. The number of nitrogens with zero attached hydrogens (tertiary/aromatic N) is 1. The van der Waals surface area contributed by atoms with Crippen LogP contribution in [0.2, 0.25) is 0 Å². The second kappa shape index (κ2) is 7.24. The molecule has 2 fully saturated rings. The smallest absolute Gasteiger partial charge is 0.231 e. The standard InChI is InChI=1S/C20H28N2O3/c1-14(16-10-21-11-16)20(23)22(17-5-3-2-4-6-17)12-15-7-8-18-19(9-15)25-13-24-18/h7-9,14,16-17,21H,2-6,10-13H2,1H3. The number of hydrogen-bond donors (Lipinski definition) is 1. The lowest BCUT2D eigenvalue weighted by molar-refractivity contribution is -0.141. The van der Waals surface area contributed by atoms with Gasteiger partial charge in [0.2, 0.25) is 12.7 Å². The average Bonchev–Trinajstić information content (AvgIpc) is 3.06. The second-order valence-corrected chi connectivity index (χ2v) is 7.65. The van der Waals surface area contributed by atoms with E-state index in [9.17, 15) is 4.79 Å². The number of benzene rings is 1. The fourth-order valence-electron chi connectivity index (χ4n) is 4.14. The van der Waals surface area contributed by atoms with Crippen molar-refractivity contribution in [2.45, 2.75) is 51.6 Å². The van der Waals surface area contributed by atoms with Gasteiger partial charge in [0, 0.05) is 18.5 Å². The molecule has 1 N–H and O–H groups in total. The number of nitrogens with one attached hydrogen (secondary N) is 1. The molecule has 2 aliphatic heterocycles. The lowest BCUT2D eigenvalue weighted by atomic mass is 9.86. The Morgan fingerprint density at radius 1 is 1.20 bits per heavy atom. The largest absolute Gasteiger partial charge is 0.454 e. The van der Waals surface area contributed by atoms with Gasteiger partial charge in [0.15, 0.2) is 11.5 Å². The first-order chi connectivity index (χ1) is 12.2. The van der Waals surface area contributed by atoms with E-state index in [0.717, 1.165) is 43.0 Å². The van der Waals surface area contributed by atoms with Gasteiger partial charge in [-0.3, -0.25) is 4.79 Å². The van der Waals surface area contributed by atoms with Crippen molar-refractivity contribution in [1.29, 1.82) is 0 Å². The van der Waals surface area contributed by atoms with Crippen molar-refractivity contribution in [2.24, 2.45) is 11.8 Å². The number of fused-ring (bicyclic) bond motifs is 1. The van der Waals surface area contributed by atoms with Crippen LogP contribution in [0.4, 0.5) is 0 Å². The fourth-order valence-corrected chi connectivity index (χ4v) is 4.14. The highest BCUT2D eigenvalue weighted by Gasteiger charge is 2.35. The summed E-state index contributed by atoms with van der Waals surface area (Å²) in [6.07, 6.45) is 6.02. The van der Waals surface area contributed by atoms with Crippen molar-refractivity contribution in [3.05, 3.63) is 23.8 Å². The van der Waals surface area contributed by atoms with Crippen LogP contribution >= 0.6 is 0 Å². The lowest BCUT2D eigenvalue weighted by Gasteiger charge is -2.39. The summed E-state index contributed by atoms with van der Waals surface area (Å²) < 4.78 is 10.9. The molecule has 0 aromatic heterocycles. The minimum absolute atomic E-state index is 0.0946. The van der Waals surface area contributed by atoms with E-state index in [1.807, 2.05) is 12.1 Å². The van der Waals surface area contributed by atoms with Crippen LogP contribution in [0.5, 0.6) is 11.5 Å². The van der Waals surface area contributed by atoms with Crippen LogP contribution in [0.3, 0.4) is 0 Å². The van der Waals surface area contributed by atoms with E-state index in [-0.39, 0.29) is 12.7 Å². The summed E-state index contributed by atoms with van der Waals surface area (Å²) in [5.41, 5.74) is 1.13. The minimum Gasteiger partial charge on any atom is -0.454 e. The van der Waals surface area contributed by atoms with Crippen molar-refractivity contribution in [1.82, 2.24) is 10.2 Å². The number of ether oxygens (including phenoxy) is 2. The molecule has 4 rings (SSSR count). The van der Waals surface area contributed by atoms with Gasteiger partial charge in [-0.2, -0.15) is 0 Å². The zero-order chi connectivity index (χ0) is 17.2. The fraction of sp³-hybridized carbons (Fsp3) is 0.650. The first kappa shape index (κ1) is 16.7. The summed E-state index contributed by atoms with van der Waals surface area (Å²) in [6.45, 7) is 4.99. The highest BCUT2D eigenvalue weighted by Crippen LogP contribution is 2.34. The quantitative estimate of drug-likeness (QED) is 0.892. The van der Waals surface area contributed by atoms with Crippen LogP contribution in [-0.4, -0.2) is 36.7 Å². The van der Waals surface area contributed by atoms with E-state index >= 15 is 0 Å². The molecule has 1 unspecified atom stereocenters. The molecule has 1 aromatic carbocycles. The third-order valence-electron chi connectivity index (χ3n) is 6.00. The van der Waals surface area contributed by atoms with Gasteiger partial charge >= 0.3 is 0 Å². The van der Waals surface area contributed by atoms with Crippen molar-refractivity contribution >= 4 is 5.91 Å². The molecule has 5 heteroatoms. The Labute approximate surface area is 149 Å². The molecule has 2 heterocycles. The lowest BCUT2D eigenvalue weighted by Crippen LogP contribution is -2.52. The van der Waals surface area contributed by atoms with Crippen LogP contribution < -0.4 is 14.8 Å². The predicted molar refractivity (Wildman–Crippen MR) is 95.5 cm³/mol. The van der Waals surface area contributed by atoms with Gasteiger partial charge in [-0.1, -0.05) is 32.3 Å². The Hall–Kier alpha value is -1.75. The van der Waals surface area contributed by atoms with E-state index in [0.29, 0.717) is 24.4 Å². The SMILES string of the molecule is CC(C(=O)N(Cc1ccc2c(c1)OCO2)C1CCCCC1)C1CNC1. The van der Waals surface area contributed by atoms with E-state index < -0.39 is 0 Å². The molecule has 136 valence electrons. The maximum atomic E-state index is 13.3. The van der Waals surface area contributed by atoms with Crippen molar-refractivity contribution in [2.75, 3.05) is 19.9 Å². The van der Waals surface area contributed by atoms with Crippen LogP contribution in [-0.2, 0) is 11.3 Å². The zero-order valence-electron chi connectivity index (χ0n) is 15.0. The van der Waals surface area contributed by atoms with Crippen molar-refractivity contribution in [3.8, 4) is 11.5 Å². The Kier molecular flexibility index (Phi) is 4.84. The Bertz CT molecular complexity index is 623. The molecule has 1 atom stereocenters. The topological polar surface area (TPSA) is 50.8 Å². The molecule has 0 radical (unpaired) electrons. The molecule has 3 aliphatic rings. The monoisotopic (exact) mass is 344 g/mol. The number of carbonyl (C=O) groups is 1. The molecule has 5 nitrogen and oxygen atoms in total. The maximum absolute atomic E-state index is 13.3. The summed E-state index contributed by atoms with van der Waals surface area (Å²) in [5.74, 6) is 2.49. The Balaban J connectivity index is 1.52. The van der Waals surface area contributed by atoms with Gasteiger partial charge in [0.05, 0.1) is 0 Å². The molecule has 0 bridgehead atoms. The molecule has 1 saturated heterocycles.